The lowest BCUT2D eigenvalue weighted by atomic mass is 9.76. The summed E-state index contributed by atoms with van der Waals surface area (Å²) in [6.45, 7) is 0. The van der Waals surface area contributed by atoms with Crippen LogP contribution in [-0.2, 0) is 4.79 Å². The molecule has 0 fully saturated rings. The molecule has 1 aliphatic carbocycles. The van der Waals surface area contributed by atoms with Gasteiger partial charge >= 0.3 is 0 Å². The van der Waals surface area contributed by atoms with Gasteiger partial charge in [0, 0.05) is 22.9 Å². The Morgan fingerprint density at radius 2 is 1.97 bits per heavy atom. The van der Waals surface area contributed by atoms with Gasteiger partial charge in [-0.3, -0.25) is 4.79 Å². The molecule has 4 aromatic rings. The number of carbonyl (C=O) groups excluding carboxylic acids is 1. The normalized spacial score (nSPS) is 23.2. The fraction of sp³-hybridized carbons (Fsp3) is 0.174. The predicted molar refractivity (Wildman–Crippen MR) is 114 cm³/mol. The van der Waals surface area contributed by atoms with E-state index in [1.807, 2.05) is 22.9 Å². The van der Waals surface area contributed by atoms with Gasteiger partial charge in [0.1, 0.15) is 12.1 Å². The minimum Gasteiger partial charge on any atom is -0.328 e. The van der Waals surface area contributed by atoms with Crippen LogP contribution in [0.3, 0.4) is 0 Å². The van der Waals surface area contributed by atoms with E-state index in [0.29, 0.717) is 12.4 Å². The molecule has 3 atom stereocenters. The lowest BCUT2D eigenvalue weighted by Crippen LogP contribution is -2.40. The molecule has 6 heteroatoms. The number of nitrogens with one attached hydrogen (secondary N) is 1. The van der Waals surface area contributed by atoms with Gasteiger partial charge in [-0.1, -0.05) is 54.6 Å². The van der Waals surface area contributed by atoms with Crippen molar-refractivity contribution in [2.75, 3.05) is 5.32 Å². The summed E-state index contributed by atoms with van der Waals surface area (Å²) in [6.07, 6.45) is 4.29. The Morgan fingerprint density at radius 1 is 1.07 bits per heavy atom. The van der Waals surface area contributed by atoms with Crippen LogP contribution in [0.15, 0.2) is 78.1 Å². The SMILES string of the molecule is O=C1C[C@@H](c2cccs2)C=C2Nc3ncnn3[C@@H](c3cccc4ccccc34)[C@H]12. The fourth-order valence-electron chi connectivity index (χ4n) is 4.68. The van der Waals surface area contributed by atoms with E-state index in [2.05, 4.69) is 63.3 Å². The standard InChI is InChI=1S/C23H18N4OS/c28-19-12-15(20-9-4-10-29-20)11-18-21(19)22(27-23(26-18)24-13-25-27)17-8-3-6-14-5-1-2-7-16(14)17/h1-11,13,15,21-22H,12H2,(H,24,25,26)/t15-,21-,22-/m0/s1. The maximum Gasteiger partial charge on any atom is 0.226 e. The number of anilines is 1. The van der Waals surface area contributed by atoms with Gasteiger partial charge < -0.3 is 5.32 Å². The number of aromatic nitrogens is 3. The van der Waals surface area contributed by atoms with E-state index in [4.69, 9.17) is 0 Å². The second-order valence-corrected chi connectivity index (χ2v) is 8.54. The molecule has 1 aliphatic heterocycles. The molecular formula is C23H18N4OS. The molecule has 29 heavy (non-hydrogen) atoms. The Morgan fingerprint density at radius 3 is 2.86 bits per heavy atom. The molecule has 5 nitrogen and oxygen atoms in total. The van der Waals surface area contributed by atoms with Crippen molar-refractivity contribution in [3.8, 4) is 0 Å². The van der Waals surface area contributed by atoms with Gasteiger partial charge in [-0.05, 0) is 27.8 Å². The van der Waals surface area contributed by atoms with E-state index in [1.54, 1.807) is 17.7 Å². The molecule has 0 spiro atoms. The summed E-state index contributed by atoms with van der Waals surface area (Å²) in [6, 6.07) is 18.5. The molecular weight excluding hydrogens is 380 g/mol. The first-order chi connectivity index (χ1) is 14.3. The molecule has 1 N–H and O–H groups in total. The molecule has 2 aliphatic rings. The number of fused-ring (bicyclic) bond motifs is 3. The number of benzene rings is 2. The molecule has 0 saturated carbocycles. The minimum atomic E-state index is -0.286. The number of nitrogens with zero attached hydrogens (tertiary/aromatic N) is 3. The minimum absolute atomic E-state index is 0.115. The second kappa shape index (κ2) is 6.39. The summed E-state index contributed by atoms with van der Waals surface area (Å²) in [5.41, 5.74) is 2.05. The van der Waals surface area contributed by atoms with Crippen molar-refractivity contribution in [3.05, 3.63) is 88.5 Å². The Balaban J connectivity index is 1.55. The van der Waals surface area contributed by atoms with Crippen molar-refractivity contribution >= 4 is 33.8 Å². The summed E-state index contributed by atoms with van der Waals surface area (Å²) >= 11 is 1.70. The second-order valence-electron chi connectivity index (χ2n) is 7.56. The van der Waals surface area contributed by atoms with Crippen molar-refractivity contribution in [2.24, 2.45) is 5.92 Å². The van der Waals surface area contributed by atoms with Gasteiger partial charge in [0.05, 0.1) is 12.0 Å². The summed E-state index contributed by atoms with van der Waals surface area (Å²) in [4.78, 5) is 19.1. The van der Waals surface area contributed by atoms with Gasteiger partial charge in [0.15, 0.2) is 0 Å². The molecule has 3 heterocycles. The third-order valence-corrected chi connectivity index (χ3v) is 6.95. The smallest absolute Gasteiger partial charge is 0.226 e. The van der Waals surface area contributed by atoms with Gasteiger partial charge in [0.25, 0.3) is 0 Å². The highest BCUT2D eigenvalue weighted by Gasteiger charge is 2.43. The quantitative estimate of drug-likeness (QED) is 0.529. The predicted octanol–water partition coefficient (Wildman–Crippen LogP) is 4.76. The maximum atomic E-state index is 13.4. The average Bonchev–Trinajstić information content (AvgIpc) is 3.44. The van der Waals surface area contributed by atoms with E-state index < -0.39 is 0 Å². The lowest BCUT2D eigenvalue weighted by molar-refractivity contribution is -0.123. The number of thiophene rings is 1. The summed E-state index contributed by atoms with van der Waals surface area (Å²) in [5.74, 6) is 0.757. The van der Waals surface area contributed by atoms with Gasteiger partial charge in [0.2, 0.25) is 5.95 Å². The Labute approximate surface area is 171 Å². The zero-order valence-electron chi connectivity index (χ0n) is 15.5. The number of allylic oxidation sites excluding steroid dienone is 2. The van der Waals surface area contributed by atoms with Crippen LogP contribution in [0, 0.1) is 5.92 Å². The average molecular weight is 398 g/mol. The van der Waals surface area contributed by atoms with Crippen molar-refractivity contribution in [1.82, 2.24) is 14.8 Å². The third kappa shape index (κ3) is 2.56. The van der Waals surface area contributed by atoms with Crippen LogP contribution in [0.4, 0.5) is 5.95 Å². The number of hydrogen-bond donors (Lipinski definition) is 1. The Kier molecular flexibility index (Phi) is 3.67. The van der Waals surface area contributed by atoms with E-state index in [0.717, 1.165) is 22.0 Å². The van der Waals surface area contributed by atoms with Crippen molar-refractivity contribution in [2.45, 2.75) is 18.4 Å². The largest absolute Gasteiger partial charge is 0.328 e. The van der Waals surface area contributed by atoms with Crippen LogP contribution >= 0.6 is 11.3 Å². The highest BCUT2D eigenvalue weighted by Crippen LogP contribution is 2.45. The molecule has 0 saturated heterocycles. The molecule has 0 unspecified atom stereocenters. The van der Waals surface area contributed by atoms with E-state index in [-0.39, 0.29) is 23.7 Å². The molecule has 2 aromatic carbocycles. The Hall–Kier alpha value is -3.25. The van der Waals surface area contributed by atoms with E-state index >= 15 is 0 Å². The van der Waals surface area contributed by atoms with Gasteiger partial charge in [-0.2, -0.15) is 10.1 Å². The van der Waals surface area contributed by atoms with Crippen molar-refractivity contribution in [1.29, 1.82) is 0 Å². The van der Waals surface area contributed by atoms with Crippen LogP contribution in [-0.4, -0.2) is 20.5 Å². The molecule has 0 bridgehead atoms. The summed E-state index contributed by atoms with van der Waals surface area (Å²) in [7, 11) is 0. The van der Waals surface area contributed by atoms with Gasteiger partial charge in [-0.25, -0.2) is 4.68 Å². The number of carbonyl (C=O) groups is 1. The van der Waals surface area contributed by atoms with Crippen LogP contribution < -0.4 is 5.32 Å². The first-order valence-electron chi connectivity index (χ1n) is 9.71. The molecule has 0 radical (unpaired) electrons. The van der Waals surface area contributed by atoms with Crippen LogP contribution in [0.2, 0.25) is 0 Å². The third-order valence-electron chi connectivity index (χ3n) is 5.94. The van der Waals surface area contributed by atoms with Crippen LogP contribution in [0.5, 0.6) is 0 Å². The zero-order chi connectivity index (χ0) is 19.4. The zero-order valence-corrected chi connectivity index (χ0v) is 16.3. The summed E-state index contributed by atoms with van der Waals surface area (Å²) < 4.78 is 1.87. The first kappa shape index (κ1) is 16.7. The summed E-state index contributed by atoms with van der Waals surface area (Å²) in [5, 5.41) is 12.2. The monoisotopic (exact) mass is 398 g/mol. The number of ketones is 1. The van der Waals surface area contributed by atoms with Crippen LogP contribution in [0.25, 0.3) is 10.8 Å². The molecule has 2 aromatic heterocycles. The molecule has 0 amide bonds. The highest BCUT2D eigenvalue weighted by molar-refractivity contribution is 7.10. The maximum absolute atomic E-state index is 13.4. The fourth-order valence-corrected chi connectivity index (χ4v) is 5.48. The highest BCUT2D eigenvalue weighted by atomic mass is 32.1. The first-order valence-corrected chi connectivity index (χ1v) is 10.6. The molecule has 6 rings (SSSR count). The lowest BCUT2D eigenvalue weighted by Gasteiger charge is -2.38. The number of Topliss-reactive ketones (excluding diaryl/α,β-unsaturated/α-hetero) is 1. The van der Waals surface area contributed by atoms with E-state index in [9.17, 15) is 4.79 Å². The van der Waals surface area contributed by atoms with E-state index in [1.165, 1.54) is 4.88 Å². The topological polar surface area (TPSA) is 59.8 Å². The number of rotatable bonds is 2. The van der Waals surface area contributed by atoms with Crippen molar-refractivity contribution in [3.63, 3.8) is 0 Å². The van der Waals surface area contributed by atoms with Gasteiger partial charge in [-0.15, -0.1) is 11.3 Å². The number of hydrogen-bond acceptors (Lipinski definition) is 5. The Bertz CT molecular complexity index is 1250. The van der Waals surface area contributed by atoms with Crippen LogP contribution in [0.1, 0.15) is 28.8 Å². The van der Waals surface area contributed by atoms with Crippen molar-refractivity contribution < 1.29 is 4.79 Å². The molecule has 142 valence electrons.